The van der Waals surface area contributed by atoms with Crippen LogP contribution < -0.4 is 10.6 Å². The molecule has 0 fully saturated rings. The van der Waals surface area contributed by atoms with Crippen molar-refractivity contribution in [3.63, 3.8) is 0 Å². The molecule has 0 aromatic heterocycles. The quantitative estimate of drug-likeness (QED) is 0.373. The highest BCUT2D eigenvalue weighted by Gasteiger charge is 2.09. The maximum absolute atomic E-state index is 8.73. The lowest BCUT2D eigenvalue weighted by Crippen LogP contribution is -2.18. The Morgan fingerprint density at radius 3 is 2.67 bits per heavy atom. The summed E-state index contributed by atoms with van der Waals surface area (Å²) in [5.41, 5.74) is 8.30. The van der Waals surface area contributed by atoms with E-state index in [1.165, 1.54) is 0 Å². The third-order valence-corrected chi connectivity index (χ3v) is 4.17. The van der Waals surface area contributed by atoms with Crippen LogP contribution in [0.2, 0.25) is 5.02 Å². The molecule has 0 amide bonds. The van der Waals surface area contributed by atoms with Crippen LogP contribution >= 0.6 is 27.5 Å². The maximum Gasteiger partial charge on any atom is 0.171 e. The Labute approximate surface area is 136 Å². The molecule has 4 nitrogen and oxygen atoms in total. The highest BCUT2D eigenvalue weighted by Crippen LogP contribution is 2.25. The molecule has 2 aromatic rings. The highest BCUT2D eigenvalue weighted by molar-refractivity contribution is 9.10. The second-order valence-electron chi connectivity index (χ2n) is 4.60. The molecule has 0 radical (unpaired) electrons. The van der Waals surface area contributed by atoms with E-state index in [1.807, 2.05) is 43.4 Å². The number of hydrogen-bond donors (Lipinski definition) is 2. The molecule has 2 aromatic carbocycles. The zero-order valence-corrected chi connectivity index (χ0v) is 13.8. The Morgan fingerprint density at radius 1 is 1.33 bits per heavy atom. The molecule has 0 heterocycles. The molecule has 0 spiro atoms. The van der Waals surface area contributed by atoms with E-state index >= 15 is 0 Å². The van der Waals surface area contributed by atoms with Gasteiger partial charge in [-0.15, -0.1) is 0 Å². The number of nitrogens with two attached hydrogens (primary N) is 1. The molecule has 0 aliphatic carbocycles. The first kappa shape index (κ1) is 15.7. The van der Waals surface area contributed by atoms with Gasteiger partial charge in [-0.1, -0.05) is 35.0 Å². The number of anilines is 1. The number of amidine groups is 1. The maximum atomic E-state index is 8.73. The molecule has 2 rings (SSSR count). The predicted octanol–water partition coefficient (Wildman–Crippen LogP) is 3.83. The summed E-state index contributed by atoms with van der Waals surface area (Å²) in [7, 11) is 1.98. The first-order chi connectivity index (χ1) is 10.0. The monoisotopic (exact) mass is 367 g/mol. The first-order valence-corrected chi connectivity index (χ1v) is 7.42. The molecule has 0 saturated carbocycles. The lowest BCUT2D eigenvalue weighted by Gasteiger charge is -2.21. The molecule has 0 aliphatic rings. The topological polar surface area (TPSA) is 61.8 Å². The van der Waals surface area contributed by atoms with Gasteiger partial charge in [0.1, 0.15) is 0 Å². The molecular formula is C15H15BrClN3O. The van der Waals surface area contributed by atoms with Gasteiger partial charge >= 0.3 is 0 Å². The van der Waals surface area contributed by atoms with Gasteiger partial charge in [-0.05, 0) is 45.8 Å². The Kier molecular flexibility index (Phi) is 5.09. The van der Waals surface area contributed by atoms with Crippen molar-refractivity contribution < 1.29 is 5.21 Å². The van der Waals surface area contributed by atoms with Crippen LogP contribution in [0.1, 0.15) is 11.1 Å². The number of halogens is 2. The van der Waals surface area contributed by atoms with Crippen LogP contribution in [0.4, 0.5) is 5.69 Å². The van der Waals surface area contributed by atoms with Crippen LogP contribution in [0, 0.1) is 0 Å². The van der Waals surface area contributed by atoms with Crippen molar-refractivity contribution in [2.75, 3.05) is 11.9 Å². The van der Waals surface area contributed by atoms with Crippen molar-refractivity contribution in [1.29, 1.82) is 0 Å². The van der Waals surface area contributed by atoms with E-state index in [0.29, 0.717) is 12.1 Å². The van der Waals surface area contributed by atoms with Crippen LogP contribution in [-0.4, -0.2) is 18.1 Å². The lowest BCUT2D eigenvalue weighted by atomic mass is 10.1. The minimum absolute atomic E-state index is 0.0715. The summed E-state index contributed by atoms with van der Waals surface area (Å²) in [4.78, 5) is 2.07. The average molecular weight is 369 g/mol. The minimum atomic E-state index is 0.0715. The summed E-state index contributed by atoms with van der Waals surface area (Å²) >= 11 is 9.61. The average Bonchev–Trinajstić information content (AvgIpc) is 2.48. The zero-order valence-electron chi connectivity index (χ0n) is 11.4. The second kappa shape index (κ2) is 6.83. The van der Waals surface area contributed by atoms with Gasteiger partial charge in [0.05, 0.1) is 0 Å². The fourth-order valence-electron chi connectivity index (χ4n) is 1.98. The van der Waals surface area contributed by atoms with Crippen molar-refractivity contribution in [2.24, 2.45) is 10.9 Å². The van der Waals surface area contributed by atoms with Gasteiger partial charge < -0.3 is 15.8 Å². The molecule has 6 heteroatoms. The Morgan fingerprint density at radius 2 is 2.05 bits per heavy atom. The van der Waals surface area contributed by atoms with Gasteiger partial charge in [-0.3, -0.25) is 0 Å². The molecule has 0 bridgehead atoms. The third kappa shape index (κ3) is 3.68. The molecule has 21 heavy (non-hydrogen) atoms. The van der Waals surface area contributed by atoms with Gasteiger partial charge in [0.15, 0.2) is 5.84 Å². The van der Waals surface area contributed by atoms with Crippen molar-refractivity contribution in [3.05, 3.63) is 63.1 Å². The zero-order chi connectivity index (χ0) is 15.4. The summed E-state index contributed by atoms with van der Waals surface area (Å²) in [6, 6.07) is 13.4. The van der Waals surface area contributed by atoms with E-state index in [4.69, 9.17) is 22.5 Å². The van der Waals surface area contributed by atoms with Gasteiger partial charge in [0.25, 0.3) is 0 Å². The predicted molar refractivity (Wildman–Crippen MR) is 90.2 cm³/mol. The summed E-state index contributed by atoms with van der Waals surface area (Å²) in [5.74, 6) is 0.0715. The summed E-state index contributed by atoms with van der Waals surface area (Å²) < 4.78 is 0.765. The highest BCUT2D eigenvalue weighted by atomic mass is 79.9. The van der Waals surface area contributed by atoms with E-state index < -0.39 is 0 Å². The fourth-order valence-corrected chi connectivity index (χ4v) is 2.74. The van der Waals surface area contributed by atoms with Crippen LogP contribution in [0.3, 0.4) is 0 Å². The number of oxime groups is 1. The van der Waals surface area contributed by atoms with Crippen LogP contribution in [0.5, 0.6) is 0 Å². The minimum Gasteiger partial charge on any atom is -0.409 e. The van der Waals surface area contributed by atoms with Gasteiger partial charge in [-0.25, -0.2) is 0 Å². The van der Waals surface area contributed by atoms with E-state index in [1.54, 1.807) is 6.07 Å². The van der Waals surface area contributed by atoms with E-state index in [2.05, 4.69) is 26.0 Å². The largest absolute Gasteiger partial charge is 0.409 e. The van der Waals surface area contributed by atoms with Crippen LogP contribution in [-0.2, 0) is 6.54 Å². The van der Waals surface area contributed by atoms with Crippen molar-refractivity contribution in [2.45, 2.75) is 6.54 Å². The molecule has 110 valence electrons. The number of hydrogen-bond acceptors (Lipinski definition) is 3. The lowest BCUT2D eigenvalue weighted by molar-refractivity contribution is 0.318. The molecule has 0 atom stereocenters. The normalized spacial score (nSPS) is 11.5. The number of rotatable bonds is 4. The molecule has 0 unspecified atom stereocenters. The molecule has 3 N–H and O–H groups in total. The van der Waals surface area contributed by atoms with Crippen molar-refractivity contribution in [1.82, 2.24) is 0 Å². The van der Waals surface area contributed by atoms with Crippen LogP contribution in [0.15, 0.2) is 52.1 Å². The Bertz CT molecular complexity index is 676. The summed E-state index contributed by atoms with van der Waals surface area (Å²) in [5, 5.41) is 12.5. The summed E-state index contributed by atoms with van der Waals surface area (Å²) in [6.45, 7) is 0.690. The van der Waals surface area contributed by atoms with E-state index in [0.717, 1.165) is 20.7 Å². The Hall–Kier alpha value is -1.72. The fraction of sp³-hybridized carbons (Fsp3) is 0.133. The van der Waals surface area contributed by atoms with Gasteiger partial charge in [0, 0.05) is 34.3 Å². The van der Waals surface area contributed by atoms with E-state index in [-0.39, 0.29) is 5.84 Å². The number of nitrogens with zero attached hydrogens (tertiary/aromatic N) is 2. The third-order valence-electron chi connectivity index (χ3n) is 3.14. The Balaban J connectivity index is 2.22. The smallest absolute Gasteiger partial charge is 0.171 e. The molecule has 0 saturated heterocycles. The van der Waals surface area contributed by atoms with Gasteiger partial charge in [-0.2, -0.15) is 0 Å². The van der Waals surface area contributed by atoms with E-state index in [9.17, 15) is 0 Å². The molecular weight excluding hydrogens is 354 g/mol. The standard InChI is InChI=1S/C15H15BrClN3O/c1-20(9-10-4-2-3-5-14(10)17)11-6-7-12(13(16)8-11)15(18)19-21/h2-8,21H,9H2,1H3,(H2,18,19). The molecule has 0 aliphatic heterocycles. The van der Waals surface area contributed by atoms with Crippen molar-refractivity contribution in [3.8, 4) is 0 Å². The first-order valence-electron chi connectivity index (χ1n) is 6.25. The second-order valence-corrected chi connectivity index (χ2v) is 5.86. The van der Waals surface area contributed by atoms with Gasteiger partial charge in [0.2, 0.25) is 0 Å². The van der Waals surface area contributed by atoms with Crippen LogP contribution in [0.25, 0.3) is 0 Å². The number of benzene rings is 2. The SMILES string of the molecule is CN(Cc1ccccc1Cl)c1ccc(/C(N)=N/O)c(Br)c1. The van der Waals surface area contributed by atoms with Crippen molar-refractivity contribution >= 4 is 39.1 Å². The summed E-state index contributed by atoms with van der Waals surface area (Å²) in [6.07, 6.45) is 0.